The number of rotatable bonds is 8. The minimum Gasteiger partial charge on any atom is -0.476 e. The molecular formula is C24H24FN5O3. The van der Waals surface area contributed by atoms with Crippen molar-refractivity contribution in [3.05, 3.63) is 66.7 Å². The predicted octanol–water partition coefficient (Wildman–Crippen LogP) is 5.30. The van der Waals surface area contributed by atoms with Gasteiger partial charge in [-0.2, -0.15) is 4.98 Å². The molecule has 2 heterocycles. The first-order chi connectivity index (χ1) is 15.8. The molecule has 2 aromatic carbocycles. The minimum absolute atomic E-state index is 0.0363. The summed E-state index contributed by atoms with van der Waals surface area (Å²) in [5.74, 6) is -0.354. The van der Waals surface area contributed by atoms with Crippen LogP contribution < -0.4 is 15.4 Å². The van der Waals surface area contributed by atoms with Crippen molar-refractivity contribution in [1.29, 1.82) is 0 Å². The summed E-state index contributed by atoms with van der Waals surface area (Å²) in [6.45, 7) is 5.28. The zero-order chi connectivity index (χ0) is 23.4. The third kappa shape index (κ3) is 5.20. The van der Waals surface area contributed by atoms with Gasteiger partial charge in [-0.25, -0.2) is 14.2 Å². The molecule has 8 nitrogen and oxygen atoms in total. The van der Waals surface area contributed by atoms with E-state index >= 15 is 0 Å². The number of anilines is 4. The second kappa shape index (κ2) is 9.15. The van der Waals surface area contributed by atoms with E-state index in [0.717, 1.165) is 17.1 Å². The molecule has 2 aromatic heterocycles. The molecule has 33 heavy (non-hydrogen) atoms. The number of benzene rings is 2. The van der Waals surface area contributed by atoms with E-state index in [1.165, 1.54) is 0 Å². The summed E-state index contributed by atoms with van der Waals surface area (Å²) in [4.78, 5) is 23.5. The lowest BCUT2D eigenvalue weighted by Gasteiger charge is -2.24. The van der Waals surface area contributed by atoms with Crippen molar-refractivity contribution >= 4 is 40.0 Å². The Hall–Kier alpha value is -4.14. The lowest BCUT2D eigenvalue weighted by molar-refractivity contribution is -0.158. The summed E-state index contributed by atoms with van der Waals surface area (Å²) >= 11 is 0. The quantitative estimate of drug-likeness (QED) is 0.314. The Morgan fingerprint density at radius 1 is 1.12 bits per heavy atom. The average Bonchev–Trinajstić information content (AvgIpc) is 3.24. The number of hydrogen-bond acceptors (Lipinski definition) is 7. The van der Waals surface area contributed by atoms with Gasteiger partial charge in [0.25, 0.3) is 0 Å². The fraction of sp³-hybridized carbons (Fsp3) is 0.208. The summed E-state index contributed by atoms with van der Waals surface area (Å²) < 4.78 is 25.2. The van der Waals surface area contributed by atoms with Crippen molar-refractivity contribution in [3.8, 4) is 5.75 Å². The largest absolute Gasteiger partial charge is 0.476 e. The van der Waals surface area contributed by atoms with Gasteiger partial charge in [0.05, 0.1) is 12.8 Å². The van der Waals surface area contributed by atoms with Crippen LogP contribution in [0.4, 0.5) is 27.5 Å². The number of hydrogen-bond donors (Lipinski definition) is 3. The van der Waals surface area contributed by atoms with Gasteiger partial charge in [0.1, 0.15) is 5.75 Å². The highest BCUT2D eigenvalue weighted by Crippen LogP contribution is 2.26. The molecule has 0 saturated heterocycles. The number of aromatic amines is 1. The SMILES string of the molecule is CCOC(=O)C(C)(C)Oc1cccc(Nc2ncc(F)c(Nc3ccc4cc[nH]c4c3)n2)c1. The number of ether oxygens (including phenoxy) is 2. The molecular weight excluding hydrogens is 425 g/mol. The van der Waals surface area contributed by atoms with Crippen LogP contribution in [0.3, 0.4) is 0 Å². The van der Waals surface area contributed by atoms with Gasteiger partial charge in [0, 0.05) is 29.2 Å². The number of halogens is 1. The molecule has 3 N–H and O–H groups in total. The van der Waals surface area contributed by atoms with Crippen molar-refractivity contribution in [2.45, 2.75) is 26.4 Å². The number of carbonyl (C=O) groups is 1. The lowest BCUT2D eigenvalue weighted by atomic mass is 10.1. The van der Waals surface area contributed by atoms with Crippen molar-refractivity contribution < 1.29 is 18.7 Å². The van der Waals surface area contributed by atoms with Crippen molar-refractivity contribution in [2.24, 2.45) is 0 Å². The van der Waals surface area contributed by atoms with Crippen LogP contribution in [-0.4, -0.2) is 33.1 Å². The molecule has 0 aliphatic carbocycles. The normalized spacial score (nSPS) is 11.3. The van der Waals surface area contributed by atoms with Gasteiger partial charge in [0.15, 0.2) is 17.2 Å². The van der Waals surface area contributed by atoms with Gasteiger partial charge in [-0.1, -0.05) is 12.1 Å². The fourth-order valence-electron chi connectivity index (χ4n) is 3.18. The average molecular weight is 449 g/mol. The van der Waals surface area contributed by atoms with Crippen LogP contribution in [0.25, 0.3) is 10.9 Å². The van der Waals surface area contributed by atoms with Crippen LogP contribution in [-0.2, 0) is 9.53 Å². The molecule has 0 spiro atoms. The van der Waals surface area contributed by atoms with E-state index in [9.17, 15) is 9.18 Å². The number of H-pyrrole nitrogens is 1. The maximum atomic E-state index is 14.3. The molecule has 0 unspecified atom stereocenters. The van der Waals surface area contributed by atoms with Crippen LogP contribution in [0, 0.1) is 5.82 Å². The maximum Gasteiger partial charge on any atom is 0.349 e. The highest BCUT2D eigenvalue weighted by atomic mass is 19.1. The zero-order valence-corrected chi connectivity index (χ0v) is 18.5. The Balaban J connectivity index is 1.50. The Morgan fingerprint density at radius 2 is 1.94 bits per heavy atom. The van der Waals surface area contributed by atoms with Gasteiger partial charge < -0.3 is 25.1 Å². The first-order valence-corrected chi connectivity index (χ1v) is 10.4. The summed E-state index contributed by atoms with van der Waals surface area (Å²) in [5, 5.41) is 7.07. The third-order valence-corrected chi connectivity index (χ3v) is 4.79. The molecule has 0 aliphatic heterocycles. The van der Waals surface area contributed by atoms with Crippen LogP contribution in [0.15, 0.2) is 60.9 Å². The van der Waals surface area contributed by atoms with Gasteiger partial charge >= 0.3 is 5.97 Å². The number of aromatic nitrogens is 3. The number of carbonyl (C=O) groups excluding carboxylic acids is 1. The zero-order valence-electron chi connectivity index (χ0n) is 18.5. The van der Waals surface area contributed by atoms with Gasteiger partial charge in [-0.3, -0.25) is 0 Å². The van der Waals surface area contributed by atoms with Crippen LogP contribution >= 0.6 is 0 Å². The van der Waals surface area contributed by atoms with Gasteiger partial charge in [0.2, 0.25) is 5.95 Å². The molecule has 4 aromatic rings. The Bertz CT molecular complexity index is 1290. The summed E-state index contributed by atoms with van der Waals surface area (Å²) in [6, 6.07) is 14.6. The third-order valence-electron chi connectivity index (χ3n) is 4.79. The molecule has 0 radical (unpaired) electrons. The maximum absolute atomic E-state index is 14.3. The molecule has 4 rings (SSSR count). The van der Waals surface area contributed by atoms with E-state index in [0.29, 0.717) is 17.1 Å². The first-order valence-electron chi connectivity index (χ1n) is 10.4. The van der Waals surface area contributed by atoms with E-state index in [1.807, 2.05) is 30.5 Å². The molecule has 0 aliphatic rings. The fourth-order valence-corrected chi connectivity index (χ4v) is 3.18. The van der Waals surface area contributed by atoms with E-state index in [2.05, 4.69) is 25.6 Å². The first kappa shape index (κ1) is 22.1. The summed E-state index contributed by atoms with van der Waals surface area (Å²) in [6.07, 6.45) is 2.93. The highest BCUT2D eigenvalue weighted by Gasteiger charge is 2.31. The van der Waals surface area contributed by atoms with Gasteiger partial charge in [-0.15, -0.1) is 0 Å². The Morgan fingerprint density at radius 3 is 2.76 bits per heavy atom. The molecule has 0 bridgehead atoms. The second-order valence-corrected chi connectivity index (χ2v) is 7.78. The molecule has 170 valence electrons. The number of nitrogens with zero attached hydrogens (tertiary/aromatic N) is 2. The van der Waals surface area contributed by atoms with Crippen molar-refractivity contribution in [1.82, 2.24) is 15.0 Å². The van der Waals surface area contributed by atoms with E-state index in [1.54, 1.807) is 45.0 Å². The highest BCUT2D eigenvalue weighted by molar-refractivity contribution is 5.83. The second-order valence-electron chi connectivity index (χ2n) is 7.78. The monoisotopic (exact) mass is 449 g/mol. The van der Waals surface area contributed by atoms with Crippen LogP contribution in [0.5, 0.6) is 5.75 Å². The molecule has 0 fully saturated rings. The van der Waals surface area contributed by atoms with E-state index in [-0.39, 0.29) is 18.4 Å². The number of esters is 1. The number of fused-ring (bicyclic) bond motifs is 1. The Labute approximate surface area is 190 Å². The molecule has 0 amide bonds. The minimum atomic E-state index is -1.15. The predicted molar refractivity (Wildman–Crippen MR) is 125 cm³/mol. The standard InChI is InChI=1S/C24H24FN5O3/c1-4-32-22(31)24(2,3)33-18-7-5-6-16(12-18)29-23-27-14-19(25)21(30-23)28-17-9-8-15-10-11-26-20(15)13-17/h5-14,26H,4H2,1-3H3,(H2,27,28,29,30). The topological polar surface area (TPSA) is 101 Å². The molecule has 9 heteroatoms. The van der Waals surface area contributed by atoms with Crippen molar-refractivity contribution in [2.75, 3.05) is 17.2 Å². The van der Waals surface area contributed by atoms with Crippen molar-refractivity contribution in [3.63, 3.8) is 0 Å². The summed E-state index contributed by atoms with van der Waals surface area (Å²) in [7, 11) is 0. The van der Waals surface area contributed by atoms with E-state index in [4.69, 9.17) is 9.47 Å². The smallest absolute Gasteiger partial charge is 0.349 e. The lowest BCUT2D eigenvalue weighted by Crippen LogP contribution is -2.39. The Kier molecular flexibility index (Phi) is 6.12. The van der Waals surface area contributed by atoms with Gasteiger partial charge in [-0.05, 0) is 56.5 Å². The molecule has 0 atom stereocenters. The van der Waals surface area contributed by atoms with Crippen LogP contribution in [0.1, 0.15) is 20.8 Å². The van der Waals surface area contributed by atoms with Crippen LogP contribution in [0.2, 0.25) is 0 Å². The molecule has 0 saturated carbocycles. The summed E-state index contributed by atoms with van der Waals surface area (Å²) in [5.41, 5.74) is 1.07. The number of nitrogens with one attached hydrogen (secondary N) is 3. The van der Waals surface area contributed by atoms with E-state index < -0.39 is 17.4 Å².